The van der Waals surface area contributed by atoms with Gasteiger partial charge in [0, 0.05) is 6.07 Å². The quantitative estimate of drug-likeness (QED) is 0.698. The molecule has 1 heterocycles. The van der Waals surface area contributed by atoms with Gasteiger partial charge in [-0.25, -0.2) is 17.2 Å². The second-order valence-corrected chi connectivity index (χ2v) is 8.75. The van der Waals surface area contributed by atoms with Crippen molar-refractivity contribution in [2.45, 2.75) is 24.2 Å². The summed E-state index contributed by atoms with van der Waals surface area (Å²) < 4.78 is 58.4. The molecule has 0 aliphatic carbocycles. The minimum Gasteiger partial charge on any atom is -0.453 e. The zero-order chi connectivity index (χ0) is 20.1. The smallest absolute Gasteiger partial charge is 0.182 e. The third-order valence-electron chi connectivity index (χ3n) is 4.61. The van der Waals surface area contributed by atoms with Gasteiger partial charge in [-0.1, -0.05) is 0 Å². The fourth-order valence-corrected chi connectivity index (χ4v) is 4.63. The van der Waals surface area contributed by atoms with E-state index in [9.17, 15) is 17.2 Å². The highest BCUT2D eigenvalue weighted by molar-refractivity contribution is 7.91. The van der Waals surface area contributed by atoms with E-state index < -0.39 is 27.2 Å². The van der Waals surface area contributed by atoms with Crippen LogP contribution in [0.25, 0.3) is 0 Å². The molecule has 1 aliphatic rings. The minimum atomic E-state index is -3.78. The topological polar surface area (TPSA) is 70.4 Å². The van der Waals surface area contributed by atoms with Crippen molar-refractivity contribution in [3.8, 4) is 17.6 Å². The maximum absolute atomic E-state index is 13.9. The minimum absolute atomic E-state index is 0.125. The van der Waals surface area contributed by atoms with Crippen LogP contribution in [0.3, 0.4) is 0 Å². The highest BCUT2D eigenvalue weighted by atomic mass is 32.2. The van der Waals surface area contributed by atoms with Gasteiger partial charge >= 0.3 is 0 Å². The van der Waals surface area contributed by atoms with E-state index in [1.54, 1.807) is 0 Å². The number of nitriles is 1. The molecule has 2 aromatic carbocycles. The summed E-state index contributed by atoms with van der Waals surface area (Å²) in [6.07, 6.45) is 2.68. The fraction of sp³-hybridized carbons (Fsp3) is 0.350. The van der Waals surface area contributed by atoms with Gasteiger partial charge in [0.2, 0.25) is 0 Å². The van der Waals surface area contributed by atoms with Crippen molar-refractivity contribution < 1.29 is 21.9 Å². The number of sulfone groups is 1. The molecule has 148 valence electrons. The number of likely N-dealkylation sites (tertiary alicyclic amines) is 1. The summed E-state index contributed by atoms with van der Waals surface area (Å²) in [5.41, 5.74) is 0.144. The monoisotopic (exact) mass is 406 g/mol. The third kappa shape index (κ3) is 4.86. The SMILES string of the molecule is N#Cc1ccc(Oc2cc(F)ccc2F)c(S(=O)(=O)CCCN2CCCC2)c1. The average molecular weight is 406 g/mol. The number of benzene rings is 2. The summed E-state index contributed by atoms with van der Waals surface area (Å²) in [7, 11) is -3.78. The van der Waals surface area contributed by atoms with Gasteiger partial charge in [-0.15, -0.1) is 0 Å². The summed E-state index contributed by atoms with van der Waals surface area (Å²) in [6, 6.07) is 8.44. The lowest BCUT2D eigenvalue weighted by Gasteiger charge is -2.15. The van der Waals surface area contributed by atoms with Crippen LogP contribution < -0.4 is 4.74 Å². The van der Waals surface area contributed by atoms with Crippen LogP contribution in [0.5, 0.6) is 11.5 Å². The van der Waals surface area contributed by atoms with Crippen molar-refractivity contribution in [2.24, 2.45) is 0 Å². The summed E-state index contributed by atoms with van der Waals surface area (Å²) in [4.78, 5) is 2.01. The van der Waals surface area contributed by atoms with Crippen LogP contribution in [0, 0.1) is 23.0 Å². The summed E-state index contributed by atoms with van der Waals surface area (Å²) in [5.74, 6) is -2.20. The molecule has 0 saturated carbocycles. The molecule has 1 fully saturated rings. The van der Waals surface area contributed by atoms with Crippen LogP contribution in [0.15, 0.2) is 41.3 Å². The average Bonchev–Trinajstić information content (AvgIpc) is 3.18. The van der Waals surface area contributed by atoms with Gasteiger partial charge in [0.05, 0.1) is 17.4 Å². The van der Waals surface area contributed by atoms with Crippen LogP contribution in [0.1, 0.15) is 24.8 Å². The Morgan fingerprint density at radius 2 is 1.82 bits per heavy atom. The van der Waals surface area contributed by atoms with E-state index in [1.165, 1.54) is 18.2 Å². The molecule has 8 heteroatoms. The maximum atomic E-state index is 13.9. The number of hydrogen-bond acceptors (Lipinski definition) is 5. The van der Waals surface area contributed by atoms with Crippen LogP contribution >= 0.6 is 0 Å². The van der Waals surface area contributed by atoms with E-state index in [4.69, 9.17) is 10.00 Å². The standard InChI is InChI=1S/C20H20F2N2O3S/c21-16-5-6-17(22)19(13-16)27-18-7-4-15(14-23)12-20(18)28(25,26)11-3-10-24-8-1-2-9-24/h4-7,12-13H,1-3,8-11H2. The molecule has 3 rings (SSSR count). The molecule has 0 N–H and O–H groups in total. The number of rotatable bonds is 7. The highest BCUT2D eigenvalue weighted by Gasteiger charge is 2.23. The van der Waals surface area contributed by atoms with Crippen molar-refractivity contribution >= 4 is 9.84 Å². The Hall–Kier alpha value is -2.50. The van der Waals surface area contributed by atoms with Gasteiger partial charge in [-0.3, -0.25) is 0 Å². The van der Waals surface area contributed by atoms with Gasteiger partial charge in [0.15, 0.2) is 21.4 Å². The number of hydrogen-bond donors (Lipinski definition) is 0. The zero-order valence-electron chi connectivity index (χ0n) is 15.2. The van der Waals surface area contributed by atoms with Gasteiger partial charge in [0.1, 0.15) is 16.5 Å². The number of nitrogens with zero attached hydrogens (tertiary/aromatic N) is 2. The Morgan fingerprint density at radius 1 is 1.07 bits per heavy atom. The molecule has 0 radical (unpaired) electrons. The Bertz CT molecular complexity index is 997. The number of ether oxygens (including phenoxy) is 1. The first-order valence-electron chi connectivity index (χ1n) is 9.01. The molecule has 0 spiro atoms. The normalized spacial score (nSPS) is 14.8. The summed E-state index contributed by atoms with van der Waals surface area (Å²) in [5, 5.41) is 9.11. The molecule has 0 amide bonds. The predicted molar refractivity (Wildman–Crippen MR) is 99.9 cm³/mol. The predicted octanol–water partition coefficient (Wildman–Crippen LogP) is 3.89. The summed E-state index contributed by atoms with van der Waals surface area (Å²) >= 11 is 0. The van der Waals surface area contributed by atoms with Crippen LogP contribution in [-0.2, 0) is 9.84 Å². The van der Waals surface area contributed by atoms with Crippen LogP contribution in [-0.4, -0.2) is 38.7 Å². The van der Waals surface area contributed by atoms with Gasteiger partial charge in [0.25, 0.3) is 0 Å². The Kier molecular flexibility index (Phi) is 6.27. The third-order valence-corrected chi connectivity index (χ3v) is 6.42. The van der Waals surface area contributed by atoms with Crippen molar-refractivity contribution in [3.05, 3.63) is 53.6 Å². The Morgan fingerprint density at radius 3 is 2.54 bits per heavy atom. The highest BCUT2D eigenvalue weighted by Crippen LogP contribution is 2.32. The molecule has 28 heavy (non-hydrogen) atoms. The molecule has 2 aromatic rings. The molecule has 0 bridgehead atoms. The molecule has 1 aliphatic heterocycles. The lowest BCUT2D eigenvalue weighted by Crippen LogP contribution is -2.22. The Labute approximate surface area is 163 Å². The second kappa shape index (κ2) is 8.67. The van der Waals surface area contributed by atoms with Gasteiger partial charge < -0.3 is 9.64 Å². The summed E-state index contributed by atoms with van der Waals surface area (Å²) in [6.45, 7) is 2.61. The lowest BCUT2D eigenvalue weighted by molar-refractivity contribution is 0.340. The molecular weight excluding hydrogens is 386 g/mol. The van der Waals surface area contributed by atoms with E-state index in [2.05, 4.69) is 4.90 Å². The van der Waals surface area contributed by atoms with Crippen molar-refractivity contribution in [3.63, 3.8) is 0 Å². The van der Waals surface area contributed by atoms with Crippen molar-refractivity contribution in [2.75, 3.05) is 25.4 Å². The second-order valence-electron chi connectivity index (χ2n) is 6.67. The van der Waals surface area contributed by atoms with Crippen LogP contribution in [0.4, 0.5) is 8.78 Å². The lowest BCUT2D eigenvalue weighted by atomic mass is 10.2. The molecule has 0 aromatic heterocycles. The Balaban J connectivity index is 1.85. The first-order valence-corrected chi connectivity index (χ1v) is 10.7. The maximum Gasteiger partial charge on any atom is 0.182 e. The van der Waals surface area contributed by atoms with E-state index in [-0.39, 0.29) is 22.0 Å². The van der Waals surface area contributed by atoms with E-state index in [0.717, 1.165) is 44.1 Å². The van der Waals surface area contributed by atoms with E-state index in [1.807, 2.05) is 6.07 Å². The largest absolute Gasteiger partial charge is 0.453 e. The first-order chi connectivity index (χ1) is 13.4. The van der Waals surface area contributed by atoms with Gasteiger partial charge in [-0.2, -0.15) is 5.26 Å². The molecule has 1 saturated heterocycles. The van der Waals surface area contributed by atoms with Crippen molar-refractivity contribution in [1.82, 2.24) is 4.90 Å². The van der Waals surface area contributed by atoms with Crippen molar-refractivity contribution in [1.29, 1.82) is 5.26 Å². The zero-order valence-corrected chi connectivity index (χ0v) is 16.0. The molecule has 0 atom stereocenters. The fourth-order valence-electron chi connectivity index (χ4n) is 3.17. The molecule has 0 unspecified atom stereocenters. The molecule has 5 nitrogen and oxygen atoms in total. The van der Waals surface area contributed by atoms with Crippen LogP contribution in [0.2, 0.25) is 0 Å². The van der Waals surface area contributed by atoms with Gasteiger partial charge in [-0.05, 0) is 69.2 Å². The van der Waals surface area contributed by atoms with E-state index >= 15 is 0 Å². The number of halogens is 2. The molecular formula is C20H20F2N2O3S. The first kappa shape index (κ1) is 20.2. The van der Waals surface area contributed by atoms with E-state index in [0.29, 0.717) is 13.0 Å².